The minimum atomic E-state index is -0.319. The third kappa shape index (κ3) is 3.62. The first-order valence-corrected chi connectivity index (χ1v) is 8.83. The van der Waals surface area contributed by atoms with Gasteiger partial charge in [0.1, 0.15) is 5.76 Å². The minimum Gasteiger partial charge on any atom is -0.437 e. The van der Waals surface area contributed by atoms with Crippen LogP contribution in [0, 0.1) is 5.92 Å². The molecule has 0 atom stereocenters. The Bertz CT molecular complexity index is 712. The molecule has 126 valence electrons. The predicted octanol–water partition coefficient (Wildman–Crippen LogP) is 3.39. The van der Waals surface area contributed by atoms with Crippen molar-refractivity contribution in [2.45, 2.75) is 25.7 Å². The fourth-order valence-electron chi connectivity index (χ4n) is 3.07. The maximum atomic E-state index is 12.3. The molecule has 0 unspecified atom stereocenters. The van der Waals surface area contributed by atoms with Gasteiger partial charge >= 0.3 is 5.91 Å². The molecule has 1 N–H and O–H groups in total. The summed E-state index contributed by atoms with van der Waals surface area (Å²) in [6.07, 6.45) is 4.41. The summed E-state index contributed by atoms with van der Waals surface area (Å²) in [7, 11) is 0. The highest BCUT2D eigenvalue weighted by molar-refractivity contribution is 6.30. The van der Waals surface area contributed by atoms with Gasteiger partial charge in [-0.25, -0.2) is 4.98 Å². The van der Waals surface area contributed by atoms with Gasteiger partial charge in [-0.15, -0.1) is 0 Å². The van der Waals surface area contributed by atoms with Crippen molar-refractivity contribution in [2.75, 3.05) is 25.0 Å². The third-order valence-electron chi connectivity index (χ3n) is 4.61. The van der Waals surface area contributed by atoms with E-state index in [9.17, 15) is 4.79 Å². The van der Waals surface area contributed by atoms with Crippen LogP contribution in [0.4, 0.5) is 5.69 Å². The number of rotatable bonds is 4. The molecule has 1 fully saturated rings. The lowest BCUT2D eigenvalue weighted by Crippen LogP contribution is -2.28. The van der Waals surface area contributed by atoms with E-state index in [2.05, 4.69) is 15.2 Å². The van der Waals surface area contributed by atoms with Crippen LogP contribution in [0.25, 0.3) is 0 Å². The number of amides is 1. The van der Waals surface area contributed by atoms with E-state index in [1.165, 1.54) is 19.4 Å². The zero-order chi connectivity index (χ0) is 16.5. The maximum absolute atomic E-state index is 12.3. The van der Waals surface area contributed by atoms with Crippen molar-refractivity contribution in [1.82, 2.24) is 9.88 Å². The van der Waals surface area contributed by atoms with Crippen LogP contribution in [-0.4, -0.2) is 35.4 Å². The van der Waals surface area contributed by atoms with E-state index >= 15 is 0 Å². The van der Waals surface area contributed by atoms with E-state index in [4.69, 9.17) is 16.0 Å². The van der Waals surface area contributed by atoms with Crippen molar-refractivity contribution in [2.24, 2.45) is 5.92 Å². The zero-order valence-electron chi connectivity index (χ0n) is 13.4. The molecular weight excluding hydrogens is 326 g/mol. The van der Waals surface area contributed by atoms with Crippen LogP contribution in [0.3, 0.4) is 0 Å². The molecule has 0 radical (unpaired) electrons. The molecule has 5 nitrogen and oxygen atoms in total. The molecule has 1 saturated carbocycles. The van der Waals surface area contributed by atoms with Crippen molar-refractivity contribution < 1.29 is 9.21 Å². The van der Waals surface area contributed by atoms with Crippen LogP contribution in [0.1, 0.15) is 35.0 Å². The van der Waals surface area contributed by atoms with Crippen LogP contribution >= 0.6 is 11.6 Å². The predicted molar refractivity (Wildman–Crippen MR) is 92.5 cm³/mol. The molecule has 2 aromatic rings. The molecule has 0 saturated heterocycles. The van der Waals surface area contributed by atoms with Gasteiger partial charge in [0.05, 0.1) is 5.69 Å². The second-order valence-corrected chi connectivity index (χ2v) is 7.03. The Morgan fingerprint density at radius 3 is 2.75 bits per heavy atom. The van der Waals surface area contributed by atoms with Crippen LogP contribution in [-0.2, 0) is 12.8 Å². The number of fused-ring (bicyclic) bond motifs is 1. The lowest BCUT2D eigenvalue weighted by molar-refractivity contribution is 0.0988. The van der Waals surface area contributed by atoms with E-state index < -0.39 is 0 Å². The largest absolute Gasteiger partial charge is 0.437 e. The molecule has 1 aromatic heterocycles. The third-order valence-corrected chi connectivity index (χ3v) is 4.86. The highest BCUT2D eigenvalue weighted by Gasteiger charge is 2.27. The molecule has 2 heterocycles. The summed E-state index contributed by atoms with van der Waals surface area (Å²) in [4.78, 5) is 19.2. The highest BCUT2D eigenvalue weighted by Crippen LogP contribution is 2.30. The average molecular weight is 346 g/mol. The molecule has 6 heteroatoms. The van der Waals surface area contributed by atoms with Crippen LogP contribution < -0.4 is 5.32 Å². The number of oxazole rings is 1. The summed E-state index contributed by atoms with van der Waals surface area (Å²) in [6.45, 7) is 3.17. The number of nitrogens with zero attached hydrogens (tertiary/aromatic N) is 2. The van der Waals surface area contributed by atoms with E-state index in [-0.39, 0.29) is 11.8 Å². The summed E-state index contributed by atoms with van der Waals surface area (Å²) in [5, 5.41) is 3.42. The number of nitrogens with one attached hydrogen (secondary N) is 1. The SMILES string of the molecule is O=C(Nc1ccc(Cl)cc1)c1nc2c(o1)CCN(CC1CC1)CC2. The monoisotopic (exact) mass is 345 g/mol. The van der Waals surface area contributed by atoms with Crippen molar-refractivity contribution in [3.05, 3.63) is 46.6 Å². The molecular formula is C18H20ClN3O2. The fraction of sp³-hybridized carbons (Fsp3) is 0.444. The summed E-state index contributed by atoms with van der Waals surface area (Å²) in [5.74, 6) is 1.57. The number of hydrogen-bond donors (Lipinski definition) is 1. The maximum Gasteiger partial charge on any atom is 0.311 e. The van der Waals surface area contributed by atoms with Gasteiger partial charge in [-0.05, 0) is 43.0 Å². The van der Waals surface area contributed by atoms with Gasteiger partial charge in [0.15, 0.2) is 0 Å². The van der Waals surface area contributed by atoms with Crippen LogP contribution in [0.2, 0.25) is 5.02 Å². The minimum absolute atomic E-state index is 0.144. The highest BCUT2D eigenvalue weighted by atomic mass is 35.5. The van der Waals surface area contributed by atoms with Gasteiger partial charge in [0.2, 0.25) is 0 Å². The molecule has 2 aliphatic rings. The second-order valence-electron chi connectivity index (χ2n) is 6.59. The van der Waals surface area contributed by atoms with E-state index in [0.29, 0.717) is 10.7 Å². The molecule has 24 heavy (non-hydrogen) atoms. The van der Waals surface area contributed by atoms with Crippen molar-refractivity contribution >= 4 is 23.2 Å². The zero-order valence-corrected chi connectivity index (χ0v) is 14.2. The number of halogens is 1. The van der Waals surface area contributed by atoms with Gasteiger partial charge in [0.25, 0.3) is 5.89 Å². The number of carbonyl (C=O) groups excluding carboxylic acids is 1. The molecule has 0 bridgehead atoms. The Morgan fingerprint density at radius 1 is 1.25 bits per heavy atom. The molecule has 0 spiro atoms. The van der Waals surface area contributed by atoms with E-state index in [1.807, 2.05) is 0 Å². The van der Waals surface area contributed by atoms with E-state index in [0.717, 1.165) is 43.3 Å². The number of hydrogen-bond acceptors (Lipinski definition) is 4. The molecule has 1 aliphatic heterocycles. The smallest absolute Gasteiger partial charge is 0.311 e. The normalized spacial score (nSPS) is 18.0. The van der Waals surface area contributed by atoms with Gasteiger partial charge in [-0.3, -0.25) is 4.79 Å². The quantitative estimate of drug-likeness (QED) is 0.922. The van der Waals surface area contributed by atoms with Crippen molar-refractivity contribution in [3.63, 3.8) is 0 Å². The van der Waals surface area contributed by atoms with Gasteiger partial charge in [0, 0.05) is 43.2 Å². The summed E-state index contributed by atoms with van der Waals surface area (Å²) in [6, 6.07) is 6.97. The first-order chi connectivity index (χ1) is 11.7. The molecule has 4 rings (SSSR count). The Labute approximate surface area is 146 Å². The summed E-state index contributed by atoms with van der Waals surface area (Å²) < 4.78 is 5.74. The molecule has 1 aromatic carbocycles. The van der Waals surface area contributed by atoms with Gasteiger partial charge in [-0.1, -0.05) is 11.6 Å². The topological polar surface area (TPSA) is 58.4 Å². The van der Waals surface area contributed by atoms with Gasteiger partial charge < -0.3 is 14.6 Å². The standard InChI is InChI=1S/C18H20ClN3O2/c19-13-3-5-14(6-4-13)20-17(23)18-21-15-7-9-22(11-12-1-2-12)10-8-16(15)24-18/h3-6,12H,1-2,7-11H2,(H,20,23). The first-order valence-electron chi connectivity index (χ1n) is 8.45. The average Bonchev–Trinajstić information content (AvgIpc) is 3.33. The fourth-order valence-corrected chi connectivity index (χ4v) is 3.20. The molecule has 1 amide bonds. The van der Waals surface area contributed by atoms with Crippen molar-refractivity contribution in [1.29, 1.82) is 0 Å². The lowest BCUT2D eigenvalue weighted by atomic mass is 10.2. The Hall–Kier alpha value is -1.85. The number of benzene rings is 1. The Morgan fingerprint density at radius 2 is 2.00 bits per heavy atom. The van der Waals surface area contributed by atoms with Crippen molar-refractivity contribution in [3.8, 4) is 0 Å². The number of anilines is 1. The summed E-state index contributed by atoms with van der Waals surface area (Å²) in [5.41, 5.74) is 1.60. The van der Waals surface area contributed by atoms with Crippen LogP contribution in [0.5, 0.6) is 0 Å². The molecule has 1 aliphatic carbocycles. The van der Waals surface area contributed by atoms with Crippen LogP contribution in [0.15, 0.2) is 28.7 Å². The summed E-state index contributed by atoms with van der Waals surface area (Å²) >= 11 is 5.85. The van der Waals surface area contributed by atoms with E-state index in [1.54, 1.807) is 24.3 Å². The van der Waals surface area contributed by atoms with Gasteiger partial charge in [-0.2, -0.15) is 0 Å². The Kier molecular flexibility index (Phi) is 4.29. The Balaban J connectivity index is 1.41. The number of carbonyl (C=O) groups is 1. The number of aromatic nitrogens is 1. The lowest BCUT2D eigenvalue weighted by Gasteiger charge is -2.18. The second kappa shape index (κ2) is 6.57. The first kappa shape index (κ1) is 15.7.